The molecular weight excluding hydrogens is 181 g/mol. The summed E-state index contributed by atoms with van der Waals surface area (Å²) < 4.78 is 0. The molecule has 0 saturated heterocycles. The molecule has 1 nitrogen and oxygen atoms in total. The van der Waals surface area contributed by atoms with Crippen LogP contribution in [0.2, 0.25) is 10.0 Å². The van der Waals surface area contributed by atoms with Crippen LogP contribution in [0.15, 0.2) is 24.4 Å². The van der Waals surface area contributed by atoms with Crippen molar-refractivity contribution in [2.75, 3.05) is 0 Å². The predicted octanol–water partition coefficient (Wildman–Crippen LogP) is 3.47. The smallest absolute Gasteiger partial charge is 0.0674 e. The number of rotatable bonds is 0. The van der Waals surface area contributed by atoms with Gasteiger partial charge in [-0.05, 0) is 12.1 Å². The van der Waals surface area contributed by atoms with E-state index in [1.54, 1.807) is 6.20 Å². The summed E-state index contributed by atoms with van der Waals surface area (Å²) in [7, 11) is 0. The van der Waals surface area contributed by atoms with Crippen molar-refractivity contribution in [1.29, 1.82) is 0 Å². The molecule has 0 radical (unpaired) electrons. The van der Waals surface area contributed by atoms with Gasteiger partial charge >= 0.3 is 0 Å². The van der Waals surface area contributed by atoms with Crippen molar-refractivity contribution >= 4 is 34.1 Å². The quantitative estimate of drug-likeness (QED) is 0.648. The molecule has 56 valence electrons. The summed E-state index contributed by atoms with van der Waals surface area (Å²) in [5.41, 5.74) is 0.975. The van der Waals surface area contributed by atoms with Gasteiger partial charge in [0.15, 0.2) is 0 Å². The van der Waals surface area contributed by atoms with Crippen LogP contribution in [-0.4, -0.2) is 4.98 Å². The van der Waals surface area contributed by atoms with Gasteiger partial charge in [-0.3, -0.25) is 0 Å². The van der Waals surface area contributed by atoms with Gasteiger partial charge in [-0.15, -0.1) is 0 Å². The van der Waals surface area contributed by atoms with Crippen molar-refractivity contribution in [3.8, 4) is 0 Å². The first kappa shape index (κ1) is 7.01. The third kappa shape index (κ3) is 1.01. The fourth-order valence-electron chi connectivity index (χ4n) is 1.10. The number of H-pyrrole nitrogens is 1. The highest BCUT2D eigenvalue weighted by atomic mass is 35.5. The molecule has 11 heavy (non-hydrogen) atoms. The Morgan fingerprint density at radius 1 is 1.09 bits per heavy atom. The summed E-state index contributed by atoms with van der Waals surface area (Å²) in [6.07, 6.45) is 1.73. The number of nitrogens with one attached hydrogen (secondary N) is 1. The molecule has 2 aromatic rings. The van der Waals surface area contributed by atoms with Crippen LogP contribution in [0.3, 0.4) is 0 Å². The maximum absolute atomic E-state index is 5.90. The second-order valence-corrected chi connectivity index (χ2v) is 3.11. The summed E-state index contributed by atoms with van der Waals surface area (Å²) >= 11 is 11.8. The van der Waals surface area contributed by atoms with Gasteiger partial charge in [0.25, 0.3) is 0 Å². The van der Waals surface area contributed by atoms with E-state index in [0.717, 1.165) is 10.9 Å². The molecule has 0 bridgehead atoms. The fourth-order valence-corrected chi connectivity index (χ4v) is 1.68. The molecule has 0 amide bonds. The largest absolute Gasteiger partial charge is 0.360 e. The van der Waals surface area contributed by atoms with Crippen molar-refractivity contribution in [3.05, 3.63) is 34.4 Å². The lowest BCUT2D eigenvalue weighted by molar-refractivity contribution is 1.48. The average molecular weight is 186 g/mol. The van der Waals surface area contributed by atoms with Gasteiger partial charge in [-0.1, -0.05) is 29.3 Å². The molecule has 1 aromatic carbocycles. The highest BCUT2D eigenvalue weighted by Crippen LogP contribution is 2.29. The Hall–Kier alpha value is -0.660. The first-order chi connectivity index (χ1) is 5.29. The van der Waals surface area contributed by atoms with Crippen LogP contribution < -0.4 is 0 Å². The summed E-state index contributed by atoms with van der Waals surface area (Å²) in [5, 5.41) is 2.26. The van der Waals surface area contributed by atoms with Crippen LogP contribution in [0.1, 0.15) is 0 Å². The monoisotopic (exact) mass is 185 g/mol. The zero-order valence-corrected chi connectivity index (χ0v) is 7.08. The lowest BCUT2D eigenvalue weighted by Gasteiger charge is -1.92. The zero-order valence-electron chi connectivity index (χ0n) is 5.57. The highest BCUT2D eigenvalue weighted by Gasteiger charge is 2.03. The van der Waals surface area contributed by atoms with Crippen LogP contribution in [0.5, 0.6) is 0 Å². The first-order valence-electron chi connectivity index (χ1n) is 3.20. The molecule has 0 fully saturated rings. The molecule has 0 unspecified atom stereocenters. The Morgan fingerprint density at radius 3 is 2.64 bits per heavy atom. The van der Waals surface area contributed by atoms with Crippen LogP contribution >= 0.6 is 23.2 Å². The van der Waals surface area contributed by atoms with Gasteiger partial charge < -0.3 is 4.98 Å². The Kier molecular flexibility index (Phi) is 1.55. The van der Waals surface area contributed by atoms with Gasteiger partial charge in [0, 0.05) is 17.1 Å². The standard InChI is InChI=1S/C8H5Cl2N/c9-5-2-1-3-7-8(5)6(10)4-11-7/h1-4,11H. The Balaban J connectivity index is 2.96. The van der Waals surface area contributed by atoms with Crippen LogP contribution in [-0.2, 0) is 0 Å². The minimum atomic E-state index is 0.672. The van der Waals surface area contributed by atoms with Crippen molar-refractivity contribution in [2.45, 2.75) is 0 Å². The maximum atomic E-state index is 5.90. The number of benzene rings is 1. The van der Waals surface area contributed by atoms with Crippen LogP contribution in [0.25, 0.3) is 10.9 Å². The average Bonchev–Trinajstić information content (AvgIpc) is 2.34. The van der Waals surface area contributed by atoms with E-state index in [2.05, 4.69) is 4.98 Å². The number of hydrogen-bond acceptors (Lipinski definition) is 0. The molecule has 0 aliphatic carbocycles. The third-order valence-electron chi connectivity index (χ3n) is 1.61. The molecular formula is C8H5Cl2N. The van der Waals surface area contributed by atoms with E-state index in [4.69, 9.17) is 23.2 Å². The predicted molar refractivity (Wildman–Crippen MR) is 48.3 cm³/mol. The minimum absolute atomic E-state index is 0.672. The summed E-state index contributed by atoms with van der Waals surface area (Å²) in [5.74, 6) is 0. The number of halogens is 2. The van der Waals surface area contributed by atoms with E-state index in [1.165, 1.54) is 0 Å². The van der Waals surface area contributed by atoms with E-state index >= 15 is 0 Å². The van der Waals surface area contributed by atoms with E-state index < -0.39 is 0 Å². The maximum Gasteiger partial charge on any atom is 0.0674 e. The molecule has 0 saturated carbocycles. The van der Waals surface area contributed by atoms with Gasteiger partial charge in [0.2, 0.25) is 0 Å². The number of fused-ring (bicyclic) bond motifs is 1. The zero-order chi connectivity index (χ0) is 7.84. The van der Waals surface area contributed by atoms with Gasteiger partial charge in [-0.2, -0.15) is 0 Å². The van der Waals surface area contributed by atoms with Crippen molar-refractivity contribution in [2.24, 2.45) is 0 Å². The Morgan fingerprint density at radius 2 is 1.91 bits per heavy atom. The van der Waals surface area contributed by atoms with Crippen LogP contribution in [0.4, 0.5) is 0 Å². The molecule has 1 heterocycles. The lowest BCUT2D eigenvalue weighted by Crippen LogP contribution is -1.67. The number of aromatic nitrogens is 1. The lowest BCUT2D eigenvalue weighted by atomic mass is 10.2. The summed E-state index contributed by atoms with van der Waals surface area (Å²) in [6, 6.07) is 5.65. The van der Waals surface area contributed by atoms with Crippen LogP contribution in [0, 0.1) is 0 Å². The topological polar surface area (TPSA) is 15.8 Å². The number of aromatic amines is 1. The SMILES string of the molecule is Clc1cccc2[nH]cc(Cl)c12. The van der Waals surface area contributed by atoms with Crippen molar-refractivity contribution < 1.29 is 0 Å². The Labute approximate surface area is 73.9 Å². The summed E-state index contributed by atoms with van der Waals surface area (Å²) in [6.45, 7) is 0. The van der Waals surface area contributed by atoms with E-state index in [-0.39, 0.29) is 0 Å². The van der Waals surface area contributed by atoms with Crippen molar-refractivity contribution in [3.63, 3.8) is 0 Å². The minimum Gasteiger partial charge on any atom is -0.360 e. The summed E-state index contributed by atoms with van der Waals surface area (Å²) in [4.78, 5) is 3.01. The van der Waals surface area contributed by atoms with E-state index in [1.807, 2.05) is 18.2 Å². The fraction of sp³-hybridized carbons (Fsp3) is 0. The molecule has 1 aromatic heterocycles. The van der Waals surface area contributed by atoms with Crippen molar-refractivity contribution in [1.82, 2.24) is 4.98 Å². The molecule has 0 spiro atoms. The van der Waals surface area contributed by atoms with E-state index in [9.17, 15) is 0 Å². The van der Waals surface area contributed by atoms with Gasteiger partial charge in [-0.25, -0.2) is 0 Å². The molecule has 0 aliphatic heterocycles. The van der Waals surface area contributed by atoms with Gasteiger partial charge in [0.05, 0.1) is 10.0 Å². The Bertz CT molecular complexity index is 392. The molecule has 0 aliphatic rings. The second-order valence-electron chi connectivity index (χ2n) is 2.30. The molecule has 2 rings (SSSR count). The first-order valence-corrected chi connectivity index (χ1v) is 3.96. The molecule has 1 N–H and O–H groups in total. The van der Waals surface area contributed by atoms with Gasteiger partial charge in [0.1, 0.15) is 0 Å². The molecule has 3 heteroatoms. The molecule has 0 atom stereocenters. The second kappa shape index (κ2) is 2.43. The third-order valence-corrected chi connectivity index (χ3v) is 2.22. The highest BCUT2D eigenvalue weighted by molar-refractivity contribution is 6.42. The normalized spacial score (nSPS) is 10.7. The van der Waals surface area contributed by atoms with E-state index in [0.29, 0.717) is 10.0 Å². The number of hydrogen-bond donors (Lipinski definition) is 1.